The van der Waals surface area contributed by atoms with Crippen molar-refractivity contribution in [1.82, 2.24) is 10.6 Å². The molecule has 0 radical (unpaired) electrons. The van der Waals surface area contributed by atoms with Crippen LogP contribution in [-0.4, -0.2) is 50.0 Å². The molecule has 0 aliphatic heterocycles. The first kappa shape index (κ1) is 15.6. The molecule has 0 heterocycles. The summed E-state index contributed by atoms with van der Waals surface area (Å²) >= 11 is 0. The van der Waals surface area contributed by atoms with E-state index in [1.807, 2.05) is 12.1 Å². The first-order valence-electron chi connectivity index (χ1n) is 7.12. The zero-order valence-corrected chi connectivity index (χ0v) is 12.2. The monoisotopic (exact) mass is 294 g/mol. The van der Waals surface area contributed by atoms with Gasteiger partial charge in [0.1, 0.15) is 24.2 Å². The van der Waals surface area contributed by atoms with Crippen molar-refractivity contribution >= 4 is 5.91 Å². The number of hydrogen-bond acceptors (Lipinski definition) is 5. The fourth-order valence-corrected chi connectivity index (χ4v) is 1.80. The Hall–Kier alpha value is -1.79. The smallest absolute Gasteiger partial charge is 0.234 e. The number of aliphatic hydroxyl groups excluding tert-OH is 1. The van der Waals surface area contributed by atoms with Gasteiger partial charge in [0, 0.05) is 18.7 Å². The van der Waals surface area contributed by atoms with E-state index in [-0.39, 0.29) is 19.1 Å². The molecule has 0 aromatic heterocycles. The molecule has 1 aliphatic carbocycles. The highest BCUT2D eigenvalue weighted by Crippen LogP contribution is 2.19. The number of nitrogens with one attached hydrogen (secondary N) is 2. The minimum atomic E-state index is -0.676. The average molecular weight is 294 g/mol. The topological polar surface area (TPSA) is 79.8 Å². The Labute approximate surface area is 124 Å². The number of methoxy groups -OCH3 is 1. The third-order valence-corrected chi connectivity index (χ3v) is 3.09. The van der Waals surface area contributed by atoms with Crippen LogP contribution in [0, 0.1) is 0 Å². The molecule has 116 valence electrons. The summed E-state index contributed by atoms with van der Waals surface area (Å²) in [4.78, 5) is 11.4. The van der Waals surface area contributed by atoms with Gasteiger partial charge in [0.05, 0.1) is 13.7 Å². The van der Waals surface area contributed by atoms with Crippen molar-refractivity contribution in [3.8, 4) is 11.5 Å². The van der Waals surface area contributed by atoms with Gasteiger partial charge in [-0.05, 0) is 25.0 Å². The van der Waals surface area contributed by atoms with Gasteiger partial charge >= 0.3 is 0 Å². The number of ether oxygens (including phenoxy) is 2. The molecule has 1 aromatic rings. The van der Waals surface area contributed by atoms with Gasteiger partial charge in [-0.15, -0.1) is 0 Å². The van der Waals surface area contributed by atoms with E-state index < -0.39 is 6.10 Å². The van der Waals surface area contributed by atoms with E-state index in [2.05, 4.69) is 10.6 Å². The molecule has 6 nitrogen and oxygen atoms in total. The van der Waals surface area contributed by atoms with Crippen molar-refractivity contribution in [3.05, 3.63) is 24.3 Å². The summed E-state index contributed by atoms with van der Waals surface area (Å²) in [5, 5.41) is 15.6. The van der Waals surface area contributed by atoms with E-state index in [9.17, 15) is 9.90 Å². The number of benzene rings is 1. The highest BCUT2D eigenvalue weighted by Gasteiger charge is 2.22. The number of carbonyl (C=O) groups excluding carboxylic acids is 1. The van der Waals surface area contributed by atoms with Crippen LogP contribution < -0.4 is 20.1 Å². The lowest BCUT2D eigenvalue weighted by molar-refractivity contribution is -0.120. The van der Waals surface area contributed by atoms with Gasteiger partial charge < -0.3 is 25.2 Å². The van der Waals surface area contributed by atoms with Crippen molar-refractivity contribution in [2.75, 3.05) is 26.8 Å². The predicted molar refractivity (Wildman–Crippen MR) is 78.5 cm³/mol. The molecule has 6 heteroatoms. The van der Waals surface area contributed by atoms with Gasteiger partial charge in [0.2, 0.25) is 5.91 Å². The van der Waals surface area contributed by atoms with Crippen molar-refractivity contribution < 1.29 is 19.4 Å². The van der Waals surface area contributed by atoms with E-state index in [4.69, 9.17) is 9.47 Å². The SMILES string of the molecule is COc1cccc(OCC(O)CNCC(=O)NC2CC2)c1. The number of hydrogen-bond donors (Lipinski definition) is 3. The minimum Gasteiger partial charge on any atom is -0.497 e. The Morgan fingerprint density at radius 3 is 2.90 bits per heavy atom. The summed E-state index contributed by atoms with van der Waals surface area (Å²) in [6, 6.07) is 7.56. The summed E-state index contributed by atoms with van der Waals surface area (Å²) in [7, 11) is 1.59. The van der Waals surface area contributed by atoms with Gasteiger partial charge in [-0.2, -0.15) is 0 Å². The third kappa shape index (κ3) is 6.01. The number of rotatable bonds is 9. The average Bonchev–Trinajstić information content (AvgIpc) is 3.29. The molecule has 1 fully saturated rings. The molecule has 0 saturated heterocycles. The first-order chi connectivity index (χ1) is 10.2. The lowest BCUT2D eigenvalue weighted by Gasteiger charge is -2.13. The summed E-state index contributed by atoms with van der Waals surface area (Å²) in [5.74, 6) is 1.31. The molecule has 1 aromatic carbocycles. The fourth-order valence-electron chi connectivity index (χ4n) is 1.80. The summed E-state index contributed by atoms with van der Waals surface area (Å²) in [6.45, 7) is 0.680. The fraction of sp³-hybridized carbons (Fsp3) is 0.533. The number of carbonyl (C=O) groups is 1. The van der Waals surface area contributed by atoms with Crippen LogP contribution >= 0.6 is 0 Å². The second-order valence-corrected chi connectivity index (χ2v) is 5.12. The second-order valence-electron chi connectivity index (χ2n) is 5.12. The Bertz CT molecular complexity index is 463. The molecule has 1 atom stereocenters. The standard InChI is InChI=1S/C15H22N2O4/c1-20-13-3-2-4-14(7-13)21-10-12(18)8-16-9-15(19)17-11-5-6-11/h2-4,7,11-12,16,18H,5-6,8-10H2,1H3,(H,17,19). The quantitative estimate of drug-likeness (QED) is 0.610. The van der Waals surface area contributed by atoms with Crippen molar-refractivity contribution in [2.24, 2.45) is 0 Å². The largest absolute Gasteiger partial charge is 0.497 e. The van der Waals surface area contributed by atoms with Gasteiger partial charge in [-0.1, -0.05) is 6.07 Å². The van der Waals surface area contributed by atoms with Gasteiger partial charge in [-0.25, -0.2) is 0 Å². The summed E-state index contributed by atoms with van der Waals surface area (Å²) in [5.41, 5.74) is 0. The van der Waals surface area contributed by atoms with E-state index in [0.29, 0.717) is 24.1 Å². The lowest BCUT2D eigenvalue weighted by Crippen LogP contribution is -2.39. The predicted octanol–water partition coefficient (Wildman–Crippen LogP) is 0.303. The number of amides is 1. The third-order valence-electron chi connectivity index (χ3n) is 3.09. The second kappa shape index (κ2) is 7.85. The maximum Gasteiger partial charge on any atom is 0.234 e. The maximum absolute atomic E-state index is 11.4. The van der Waals surface area contributed by atoms with Crippen LogP contribution in [0.1, 0.15) is 12.8 Å². The van der Waals surface area contributed by atoms with Crippen LogP contribution in [0.3, 0.4) is 0 Å². The highest BCUT2D eigenvalue weighted by atomic mass is 16.5. The highest BCUT2D eigenvalue weighted by molar-refractivity contribution is 5.78. The Balaban J connectivity index is 1.60. The van der Waals surface area contributed by atoms with Crippen LogP contribution in [0.4, 0.5) is 0 Å². The molecule has 1 unspecified atom stereocenters. The molecule has 0 bridgehead atoms. The molecule has 0 spiro atoms. The van der Waals surface area contributed by atoms with Crippen LogP contribution in [0.25, 0.3) is 0 Å². The molecule has 1 amide bonds. The van der Waals surface area contributed by atoms with E-state index >= 15 is 0 Å². The summed E-state index contributed by atoms with van der Waals surface area (Å²) < 4.78 is 10.6. The first-order valence-corrected chi connectivity index (χ1v) is 7.12. The molecule has 21 heavy (non-hydrogen) atoms. The Morgan fingerprint density at radius 1 is 1.43 bits per heavy atom. The van der Waals surface area contributed by atoms with E-state index in [0.717, 1.165) is 12.8 Å². The van der Waals surface area contributed by atoms with Crippen molar-refractivity contribution in [1.29, 1.82) is 0 Å². The van der Waals surface area contributed by atoms with Crippen LogP contribution in [-0.2, 0) is 4.79 Å². The maximum atomic E-state index is 11.4. The zero-order valence-electron chi connectivity index (χ0n) is 12.2. The van der Waals surface area contributed by atoms with Crippen LogP contribution in [0.5, 0.6) is 11.5 Å². The Morgan fingerprint density at radius 2 is 2.19 bits per heavy atom. The van der Waals surface area contributed by atoms with E-state index in [1.54, 1.807) is 19.2 Å². The summed E-state index contributed by atoms with van der Waals surface area (Å²) in [6.07, 6.45) is 1.47. The van der Waals surface area contributed by atoms with Crippen LogP contribution in [0.15, 0.2) is 24.3 Å². The molecule has 1 aliphatic rings. The van der Waals surface area contributed by atoms with Crippen LogP contribution in [0.2, 0.25) is 0 Å². The number of aliphatic hydroxyl groups is 1. The van der Waals surface area contributed by atoms with Gasteiger partial charge in [-0.3, -0.25) is 4.79 Å². The van der Waals surface area contributed by atoms with Crippen molar-refractivity contribution in [3.63, 3.8) is 0 Å². The van der Waals surface area contributed by atoms with Gasteiger partial charge in [0.15, 0.2) is 0 Å². The zero-order chi connectivity index (χ0) is 15.1. The molecular formula is C15H22N2O4. The lowest BCUT2D eigenvalue weighted by atomic mass is 10.3. The normalized spacial score (nSPS) is 15.3. The minimum absolute atomic E-state index is 0.0292. The van der Waals surface area contributed by atoms with Crippen molar-refractivity contribution in [2.45, 2.75) is 25.0 Å². The Kier molecular flexibility index (Phi) is 5.83. The molecule has 3 N–H and O–H groups in total. The van der Waals surface area contributed by atoms with E-state index in [1.165, 1.54) is 0 Å². The molecule has 1 saturated carbocycles. The molecule has 2 rings (SSSR count). The molecular weight excluding hydrogens is 272 g/mol. The van der Waals surface area contributed by atoms with Gasteiger partial charge in [0.25, 0.3) is 0 Å².